The number of fused-ring (bicyclic) bond motifs is 1. The lowest BCUT2D eigenvalue weighted by molar-refractivity contribution is -0.124. The molecule has 5 rings (SSSR count). The third kappa shape index (κ3) is 4.41. The summed E-state index contributed by atoms with van der Waals surface area (Å²) in [6.07, 6.45) is 1.59. The van der Waals surface area contributed by atoms with E-state index in [4.69, 9.17) is 4.42 Å². The molecule has 1 atom stereocenters. The standard InChI is InChI=1S/C23H22N4O5S2/c28-21(24-11-10-16-14-33-22(25-16)15-5-2-1-3-6-15)19-7-4-12-27(19)34(30,31)17-8-9-18-20(13-17)32-23(29)26-18/h1-3,5-6,8-9,13-14,19H,4,7,10-12H2,(H,24,28)(H,26,29)/t19-/m1/s1. The van der Waals surface area contributed by atoms with Crippen LogP contribution in [0.5, 0.6) is 0 Å². The maximum absolute atomic E-state index is 13.2. The van der Waals surface area contributed by atoms with Crippen molar-refractivity contribution >= 4 is 38.4 Å². The molecule has 0 bridgehead atoms. The van der Waals surface area contributed by atoms with Gasteiger partial charge >= 0.3 is 5.76 Å². The van der Waals surface area contributed by atoms with Gasteiger partial charge in [0.15, 0.2) is 5.58 Å². The number of aromatic nitrogens is 2. The number of sulfonamides is 1. The van der Waals surface area contributed by atoms with E-state index in [1.807, 2.05) is 35.7 Å². The molecule has 34 heavy (non-hydrogen) atoms. The monoisotopic (exact) mass is 498 g/mol. The normalized spacial score (nSPS) is 16.8. The highest BCUT2D eigenvalue weighted by Gasteiger charge is 2.39. The summed E-state index contributed by atoms with van der Waals surface area (Å²) in [6.45, 7) is 0.615. The molecule has 11 heteroatoms. The minimum atomic E-state index is -3.93. The summed E-state index contributed by atoms with van der Waals surface area (Å²) in [5, 5.41) is 5.75. The molecule has 1 fully saturated rings. The van der Waals surface area contributed by atoms with Gasteiger partial charge in [-0.15, -0.1) is 11.3 Å². The fourth-order valence-electron chi connectivity index (χ4n) is 4.08. The Balaban J connectivity index is 1.24. The maximum Gasteiger partial charge on any atom is 0.417 e. The lowest BCUT2D eigenvalue weighted by atomic mass is 10.2. The molecule has 1 aliphatic rings. The zero-order valence-corrected chi connectivity index (χ0v) is 19.7. The van der Waals surface area contributed by atoms with E-state index in [-0.39, 0.29) is 22.9 Å². The molecule has 3 heterocycles. The van der Waals surface area contributed by atoms with Crippen LogP contribution >= 0.6 is 11.3 Å². The smallest absolute Gasteiger partial charge is 0.408 e. The fourth-order valence-corrected chi connectivity index (χ4v) is 6.61. The van der Waals surface area contributed by atoms with Gasteiger partial charge in [0.05, 0.1) is 16.1 Å². The van der Waals surface area contributed by atoms with Crippen LogP contribution in [-0.4, -0.2) is 47.7 Å². The molecule has 176 valence electrons. The van der Waals surface area contributed by atoms with Gasteiger partial charge in [0.1, 0.15) is 11.0 Å². The average molecular weight is 499 g/mol. The number of aromatic amines is 1. The Morgan fingerprint density at radius 3 is 2.88 bits per heavy atom. The van der Waals surface area contributed by atoms with Gasteiger partial charge < -0.3 is 9.73 Å². The number of carbonyl (C=O) groups excluding carboxylic acids is 1. The first-order chi connectivity index (χ1) is 16.4. The number of benzene rings is 2. The summed E-state index contributed by atoms with van der Waals surface area (Å²) in [5.41, 5.74) is 2.49. The zero-order valence-electron chi connectivity index (χ0n) is 18.1. The van der Waals surface area contributed by atoms with Gasteiger partial charge in [0.2, 0.25) is 15.9 Å². The molecule has 0 spiro atoms. The van der Waals surface area contributed by atoms with Gasteiger partial charge in [0.25, 0.3) is 0 Å². The number of rotatable bonds is 7. The molecule has 2 aromatic heterocycles. The zero-order chi connectivity index (χ0) is 23.7. The van der Waals surface area contributed by atoms with Crippen molar-refractivity contribution in [2.24, 2.45) is 0 Å². The predicted molar refractivity (Wildman–Crippen MR) is 128 cm³/mol. The van der Waals surface area contributed by atoms with E-state index in [9.17, 15) is 18.0 Å². The molecule has 9 nitrogen and oxygen atoms in total. The molecule has 2 N–H and O–H groups in total. The number of hydrogen-bond donors (Lipinski definition) is 2. The SMILES string of the molecule is O=C(NCCc1csc(-c2ccccc2)n1)[C@H]1CCCN1S(=O)(=O)c1ccc2[nH]c(=O)oc2c1. The lowest BCUT2D eigenvalue weighted by Gasteiger charge is -2.23. The number of nitrogens with zero attached hydrogens (tertiary/aromatic N) is 2. The molecule has 0 unspecified atom stereocenters. The van der Waals surface area contributed by atoms with Gasteiger partial charge in [0, 0.05) is 36.5 Å². The molecule has 1 amide bonds. The summed E-state index contributed by atoms with van der Waals surface area (Å²) in [7, 11) is -3.93. The van der Waals surface area contributed by atoms with Crippen molar-refractivity contribution in [2.75, 3.05) is 13.1 Å². The highest BCUT2D eigenvalue weighted by Crippen LogP contribution is 2.28. The first-order valence-electron chi connectivity index (χ1n) is 10.8. The second kappa shape index (κ2) is 9.16. The summed E-state index contributed by atoms with van der Waals surface area (Å²) in [4.78, 5) is 31.3. The van der Waals surface area contributed by atoms with Crippen LogP contribution in [-0.2, 0) is 21.2 Å². The topological polar surface area (TPSA) is 125 Å². The number of oxazole rings is 1. The van der Waals surface area contributed by atoms with Gasteiger partial charge in [-0.2, -0.15) is 4.31 Å². The van der Waals surface area contributed by atoms with Gasteiger partial charge in [-0.1, -0.05) is 30.3 Å². The van der Waals surface area contributed by atoms with Gasteiger partial charge in [-0.3, -0.25) is 9.78 Å². The molecule has 1 saturated heterocycles. The molecule has 2 aromatic carbocycles. The highest BCUT2D eigenvalue weighted by molar-refractivity contribution is 7.89. The van der Waals surface area contributed by atoms with Crippen molar-refractivity contribution < 1.29 is 17.6 Å². The molecule has 0 aliphatic carbocycles. The van der Waals surface area contributed by atoms with E-state index < -0.39 is 21.8 Å². The summed E-state index contributed by atoms with van der Waals surface area (Å²) < 4.78 is 32.7. The number of H-pyrrole nitrogens is 1. The van der Waals surface area contributed by atoms with E-state index >= 15 is 0 Å². The summed E-state index contributed by atoms with van der Waals surface area (Å²) >= 11 is 1.55. The van der Waals surface area contributed by atoms with Crippen LogP contribution in [0.4, 0.5) is 0 Å². The van der Waals surface area contributed by atoms with Crippen LogP contribution in [0.1, 0.15) is 18.5 Å². The molecular formula is C23H22N4O5S2. The van der Waals surface area contributed by atoms with E-state index in [2.05, 4.69) is 15.3 Å². The van der Waals surface area contributed by atoms with Crippen LogP contribution in [0.25, 0.3) is 21.7 Å². The largest absolute Gasteiger partial charge is 0.417 e. The molecule has 0 radical (unpaired) electrons. The van der Waals surface area contributed by atoms with E-state index in [0.29, 0.717) is 31.3 Å². The van der Waals surface area contributed by atoms with Crippen LogP contribution < -0.4 is 11.1 Å². The third-order valence-corrected chi connectivity index (χ3v) is 8.60. The minimum absolute atomic E-state index is 0.0154. The summed E-state index contributed by atoms with van der Waals surface area (Å²) in [5.74, 6) is -0.979. The Labute approximate surface area is 199 Å². The first kappa shape index (κ1) is 22.5. The number of amides is 1. The lowest BCUT2D eigenvalue weighted by Crippen LogP contribution is -2.46. The Hall–Kier alpha value is -3.28. The Morgan fingerprint density at radius 1 is 1.24 bits per heavy atom. The fraction of sp³-hybridized carbons (Fsp3) is 0.261. The Bertz CT molecular complexity index is 1490. The van der Waals surface area contributed by atoms with E-state index in [0.717, 1.165) is 16.3 Å². The Morgan fingerprint density at radius 2 is 2.06 bits per heavy atom. The number of carbonyl (C=O) groups is 1. The number of thiazole rings is 1. The van der Waals surface area contributed by atoms with Crippen molar-refractivity contribution in [1.82, 2.24) is 19.6 Å². The minimum Gasteiger partial charge on any atom is -0.408 e. The highest BCUT2D eigenvalue weighted by atomic mass is 32.2. The maximum atomic E-state index is 13.2. The number of nitrogens with one attached hydrogen (secondary N) is 2. The third-order valence-electron chi connectivity index (χ3n) is 5.76. The number of hydrogen-bond acceptors (Lipinski definition) is 7. The van der Waals surface area contributed by atoms with Crippen LogP contribution in [0.15, 0.2) is 68.0 Å². The van der Waals surface area contributed by atoms with E-state index in [1.165, 1.54) is 22.5 Å². The molecule has 1 aliphatic heterocycles. The Kier molecular flexibility index (Phi) is 6.07. The second-order valence-corrected chi connectivity index (χ2v) is 10.7. The van der Waals surface area contributed by atoms with E-state index in [1.54, 1.807) is 11.3 Å². The summed E-state index contributed by atoms with van der Waals surface area (Å²) in [6, 6.07) is 13.3. The molecular weight excluding hydrogens is 476 g/mol. The van der Waals surface area contributed by atoms with Crippen LogP contribution in [0.3, 0.4) is 0 Å². The van der Waals surface area contributed by atoms with Crippen molar-refractivity contribution in [3.8, 4) is 10.6 Å². The van der Waals surface area contributed by atoms with Crippen molar-refractivity contribution in [2.45, 2.75) is 30.2 Å². The molecule has 4 aromatic rings. The van der Waals surface area contributed by atoms with Gasteiger partial charge in [-0.05, 0) is 25.0 Å². The van der Waals surface area contributed by atoms with Crippen molar-refractivity contribution in [1.29, 1.82) is 0 Å². The van der Waals surface area contributed by atoms with Crippen molar-refractivity contribution in [3.63, 3.8) is 0 Å². The first-order valence-corrected chi connectivity index (χ1v) is 13.2. The van der Waals surface area contributed by atoms with Crippen LogP contribution in [0.2, 0.25) is 0 Å². The predicted octanol–water partition coefficient (Wildman–Crippen LogP) is 2.76. The molecule has 0 saturated carbocycles. The van der Waals surface area contributed by atoms with Crippen molar-refractivity contribution in [3.05, 3.63) is 70.2 Å². The second-order valence-electron chi connectivity index (χ2n) is 8.00. The quantitative estimate of drug-likeness (QED) is 0.404. The average Bonchev–Trinajstić information content (AvgIpc) is 3.58. The van der Waals surface area contributed by atoms with Crippen LogP contribution in [0, 0.1) is 0 Å². The van der Waals surface area contributed by atoms with Gasteiger partial charge in [-0.25, -0.2) is 18.2 Å².